The van der Waals surface area contributed by atoms with Crippen LogP contribution in [-0.2, 0) is 6.54 Å². The van der Waals surface area contributed by atoms with E-state index >= 15 is 0 Å². The first kappa shape index (κ1) is 20.2. The maximum absolute atomic E-state index is 5.72. The van der Waals surface area contributed by atoms with Gasteiger partial charge in [0.15, 0.2) is 11.5 Å². The van der Waals surface area contributed by atoms with E-state index in [-0.39, 0.29) is 0 Å². The number of aryl methyl sites for hydroxylation is 1. The first-order valence-corrected chi connectivity index (χ1v) is 11.1. The Labute approximate surface area is 181 Å². The van der Waals surface area contributed by atoms with Crippen LogP contribution in [-0.4, -0.2) is 18.2 Å². The second kappa shape index (κ2) is 9.18. The number of benzene rings is 3. The second-order valence-corrected chi connectivity index (χ2v) is 8.10. The van der Waals surface area contributed by atoms with Crippen molar-refractivity contribution in [3.63, 3.8) is 0 Å². The van der Waals surface area contributed by atoms with Crippen molar-refractivity contribution in [3.8, 4) is 22.1 Å². The van der Waals surface area contributed by atoms with E-state index < -0.39 is 0 Å². The fourth-order valence-electron chi connectivity index (χ4n) is 3.30. The third kappa shape index (κ3) is 4.57. The monoisotopic (exact) mass is 418 g/mol. The fraction of sp³-hybridized carbons (Fsp3) is 0.240. The lowest BCUT2D eigenvalue weighted by Gasteiger charge is -2.13. The van der Waals surface area contributed by atoms with Crippen molar-refractivity contribution in [2.45, 2.75) is 27.3 Å². The Morgan fingerprint density at radius 2 is 1.63 bits per heavy atom. The number of nitrogens with one attached hydrogen (secondary N) is 1. The van der Waals surface area contributed by atoms with Crippen molar-refractivity contribution in [2.24, 2.45) is 0 Å². The summed E-state index contributed by atoms with van der Waals surface area (Å²) < 4.78 is 12.6. The zero-order chi connectivity index (χ0) is 20.9. The number of hydrogen-bond acceptors (Lipinski definition) is 5. The minimum atomic E-state index is 0.615. The number of anilines is 1. The molecule has 154 valence electrons. The molecule has 4 aromatic rings. The molecule has 0 saturated heterocycles. The number of aromatic nitrogens is 1. The van der Waals surface area contributed by atoms with Gasteiger partial charge >= 0.3 is 0 Å². The van der Waals surface area contributed by atoms with Gasteiger partial charge in [0.05, 0.1) is 23.4 Å². The molecule has 0 amide bonds. The summed E-state index contributed by atoms with van der Waals surface area (Å²) in [6.07, 6.45) is 0. The van der Waals surface area contributed by atoms with Gasteiger partial charge in [0, 0.05) is 17.8 Å². The normalized spacial score (nSPS) is 10.9. The van der Waals surface area contributed by atoms with E-state index in [2.05, 4.69) is 60.8 Å². The molecule has 1 N–H and O–H groups in total. The Balaban J connectivity index is 1.45. The van der Waals surface area contributed by atoms with Gasteiger partial charge in [-0.05, 0) is 80.4 Å². The van der Waals surface area contributed by atoms with Crippen molar-refractivity contribution >= 4 is 27.2 Å². The smallest absolute Gasteiger partial charge is 0.161 e. The van der Waals surface area contributed by atoms with Crippen LogP contribution in [0, 0.1) is 6.92 Å². The number of nitrogens with zero attached hydrogens (tertiary/aromatic N) is 1. The second-order valence-electron chi connectivity index (χ2n) is 7.07. The molecule has 30 heavy (non-hydrogen) atoms. The lowest BCUT2D eigenvalue weighted by Crippen LogP contribution is -2.02. The number of rotatable bonds is 8. The molecule has 4 rings (SSSR count). The van der Waals surface area contributed by atoms with Crippen LogP contribution >= 0.6 is 11.3 Å². The molecule has 0 atom stereocenters. The quantitative estimate of drug-likeness (QED) is 0.346. The highest BCUT2D eigenvalue weighted by Crippen LogP contribution is 2.32. The van der Waals surface area contributed by atoms with Crippen LogP contribution in [0.2, 0.25) is 0 Å². The zero-order valence-corrected chi connectivity index (χ0v) is 18.4. The Hall–Kier alpha value is -3.05. The highest BCUT2D eigenvalue weighted by Gasteiger charge is 2.08. The van der Waals surface area contributed by atoms with Crippen LogP contribution in [0.1, 0.15) is 25.0 Å². The molecule has 0 bridgehead atoms. The zero-order valence-electron chi connectivity index (χ0n) is 17.6. The van der Waals surface area contributed by atoms with Crippen molar-refractivity contribution in [3.05, 3.63) is 71.8 Å². The van der Waals surface area contributed by atoms with Crippen LogP contribution < -0.4 is 14.8 Å². The molecule has 0 aliphatic heterocycles. The summed E-state index contributed by atoms with van der Waals surface area (Å²) in [5, 5.41) is 4.53. The van der Waals surface area contributed by atoms with Gasteiger partial charge in [-0.2, -0.15) is 0 Å². The molecule has 0 aliphatic carbocycles. The Kier molecular flexibility index (Phi) is 6.19. The van der Waals surface area contributed by atoms with Crippen molar-refractivity contribution < 1.29 is 9.47 Å². The lowest BCUT2D eigenvalue weighted by molar-refractivity contribution is 0.287. The average molecular weight is 419 g/mol. The van der Waals surface area contributed by atoms with Crippen LogP contribution in [0.4, 0.5) is 5.69 Å². The maximum Gasteiger partial charge on any atom is 0.161 e. The predicted molar refractivity (Wildman–Crippen MR) is 126 cm³/mol. The number of hydrogen-bond donors (Lipinski definition) is 1. The molecule has 1 aromatic heterocycles. The average Bonchev–Trinajstić information content (AvgIpc) is 3.18. The largest absolute Gasteiger partial charge is 0.490 e. The van der Waals surface area contributed by atoms with Gasteiger partial charge in [-0.25, -0.2) is 4.98 Å². The third-order valence-corrected chi connectivity index (χ3v) is 5.85. The molecule has 0 saturated carbocycles. The van der Waals surface area contributed by atoms with Crippen molar-refractivity contribution in [2.75, 3.05) is 18.5 Å². The summed E-state index contributed by atoms with van der Waals surface area (Å²) in [4.78, 5) is 4.77. The Morgan fingerprint density at radius 3 is 2.40 bits per heavy atom. The SMILES string of the molecule is CCOc1ccc(CNc2ccc(-c3nc4ccc(C)cc4s3)cc2)cc1OCC. The standard InChI is InChI=1S/C25H26N2O2S/c1-4-28-22-13-7-18(15-23(22)29-5-2)16-26-20-10-8-19(9-11-20)25-27-21-12-6-17(3)14-24(21)30-25/h6-15,26H,4-5,16H2,1-3H3. The van der Waals surface area contributed by atoms with E-state index in [0.29, 0.717) is 19.8 Å². The molecule has 4 nitrogen and oxygen atoms in total. The summed E-state index contributed by atoms with van der Waals surface area (Å²) in [5.41, 5.74) is 5.68. The van der Waals surface area contributed by atoms with Crippen LogP contribution in [0.3, 0.4) is 0 Å². The van der Waals surface area contributed by atoms with Crippen molar-refractivity contribution in [1.29, 1.82) is 0 Å². The number of ether oxygens (including phenoxy) is 2. The Morgan fingerprint density at radius 1 is 0.867 bits per heavy atom. The Bertz CT molecular complexity index is 1140. The lowest BCUT2D eigenvalue weighted by atomic mass is 10.1. The van der Waals surface area contributed by atoms with Gasteiger partial charge in [-0.15, -0.1) is 11.3 Å². The van der Waals surface area contributed by atoms with Crippen LogP contribution in [0.5, 0.6) is 11.5 Å². The molecule has 0 spiro atoms. The first-order chi connectivity index (χ1) is 14.7. The molecule has 0 unspecified atom stereocenters. The van der Waals surface area contributed by atoms with E-state index in [1.54, 1.807) is 11.3 Å². The molecule has 0 aliphatic rings. The van der Waals surface area contributed by atoms with Crippen LogP contribution in [0.25, 0.3) is 20.8 Å². The molecule has 3 aromatic carbocycles. The fourth-order valence-corrected chi connectivity index (χ4v) is 4.36. The third-order valence-electron chi connectivity index (χ3n) is 4.78. The highest BCUT2D eigenvalue weighted by molar-refractivity contribution is 7.21. The van der Waals surface area contributed by atoms with Gasteiger partial charge < -0.3 is 14.8 Å². The van der Waals surface area contributed by atoms with Gasteiger partial charge in [0.25, 0.3) is 0 Å². The summed E-state index contributed by atoms with van der Waals surface area (Å²) in [5.74, 6) is 1.58. The van der Waals surface area contributed by atoms with E-state index in [1.165, 1.54) is 10.3 Å². The molecule has 1 heterocycles. The van der Waals surface area contributed by atoms with Gasteiger partial charge in [0.2, 0.25) is 0 Å². The van der Waals surface area contributed by atoms with E-state index in [9.17, 15) is 0 Å². The number of fused-ring (bicyclic) bond motifs is 1. The molecule has 0 radical (unpaired) electrons. The van der Waals surface area contributed by atoms with Gasteiger partial charge in [-0.1, -0.05) is 12.1 Å². The highest BCUT2D eigenvalue weighted by atomic mass is 32.1. The maximum atomic E-state index is 5.72. The topological polar surface area (TPSA) is 43.4 Å². The van der Waals surface area contributed by atoms with Crippen LogP contribution in [0.15, 0.2) is 60.7 Å². The summed E-state index contributed by atoms with van der Waals surface area (Å²) in [6.45, 7) is 8.02. The minimum Gasteiger partial charge on any atom is -0.490 e. The van der Waals surface area contributed by atoms with E-state index in [0.717, 1.165) is 38.8 Å². The first-order valence-electron chi connectivity index (χ1n) is 10.3. The summed E-state index contributed by atoms with van der Waals surface area (Å²) in [6, 6.07) is 20.9. The minimum absolute atomic E-state index is 0.615. The molecule has 5 heteroatoms. The molecular formula is C25H26N2O2S. The van der Waals surface area contributed by atoms with Crippen molar-refractivity contribution in [1.82, 2.24) is 4.98 Å². The van der Waals surface area contributed by atoms with Gasteiger partial charge in [-0.3, -0.25) is 0 Å². The molecular weight excluding hydrogens is 392 g/mol. The van der Waals surface area contributed by atoms with E-state index in [4.69, 9.17) is 14.5 Å². The summed E-state index contributed by atoms with van der Waals surface area (Å²) in [7, 11) is 0. The molecule has 0 fully saturated rings. The number of thiazole rings is 1. The van der Waals surface area contributed by atoms with Gasteiger partial charge in [0.1, 0.15) is 5.01 Å². The predicted octanol–water partition coefficient (Wildman–Crippen LogP) is 6.68. The van der Waals surface area contributed by atoms with E-state index in [1.807, 2.05) is 26.0 Å². The summed E-state index contributed by atoms with van der Waals surface area (Å²) >= 11 is 1.73.